The molecule has 0 aromatic heterocycles. The van der Waals surface area contributed by atoms with Crippen molar-refractivity contribution in [2.45, 2.75) is 19.6 Å². The largest absolute Gasteiger partial charge is 0.0776 e. The van der Waals surface area contributed by atoms with Crippen molar-refractivity contribution in [3.8, 4) is 33.4 Å². The monoisotopic (exact) mass is 578 g/mol. The molecule has 0 aliphatic carbocycles. The Kier molecular flexibility index (Phi) is 6.25. The van der Waals surface area contributed by atoms with Crippen molar-refractivity contribution in [3.05, 3.63) is 152 Å². The zero-order valence-corrected chi connectivity index (χ0v) is 26.4. The second kappa shape index (κ2) is 10.3. The van der Waals surface area contributed by atoms with Crippen molar-refractivity contribution in [2.24, 2.45) is 0 Å². The van der Waals surface area contributed by atoms with Crippen LogP contribution in [0.25, 0.3) is 76.5 Å². The van der Waals surface area contributed by atoms with Crippen LogP contribution in [0, 0.1) is 0 Å². The van der Waals surface area contributed by atoms with Crippen LogP contribution >= 0.6 is 0 Å². The fourth-order valence-electron chi connectivity index (χ4n) is 6.84. The molecule has 0 N–H and O–H groups in total. The summed E-state index contributed by atoms with van der Waals surface area (Å²) in [5.41, 5.74) is 7.58. The Hall–Kier alpha value is -4.98. The molecule has 0 aliphatic rings. The van der Waals surface area contributed by atoms with E-state index in [4.69, 9.17) is 0 Å². The van der Waals surface area contributed by atoms with Gasteiger partial charge in [-0.3, -0.25) is 0 Å². The minimum atomic E-state index is -1.38. The SMILES string of the molecule is C[Si](C)(C)c1ccc2cc(-c3c4ccccc4c(-c4cccc(-c5ccc6ccccc6c5)c4)c4ccccc34)ccc2c1. The van der Waals surface area contributed by atoms with Crippen LogP contribution in [0.1, 0.15) is 0 Å². The van der Waals surface area contributed by atoms with Gasteiger partial charge < -0.3 is 0 Å². The maximum atomic E-state index is 2.42. The lowest BCUT2D eigenvalue weighted by molar-refractivity contribution is 1.63. The average Bonchev–Trinajstić information content (AvgIpc) is 3.06. The Morgan fingerprint density at radius 2 is 0.750 bits per heavy atom. The zero-order valence-electron chi connectivity index (χ0n) is 25.4. The summed E-state index contributed by atoms with van der Waals surface area (Å²) in [5.74, 6) is 0. The molecule has 8 aromatic rings. The van der Waals surface area contributed by atoms with Gasteiger partial charge in [-0.25, -0.2) is 0 Å². The van der Waals surface area contributed by atoms with Crippen LogP contribution in [-0.2, 0) is 0 Å². The van der Waals surface area contributed by atoms with E-state index in [9.17, 15) is 0 Å². The van der Waals surface area contributed by atoms with Gasteiger partial charge in [0, 0.05) is 0 Å². The topological polar surface area (TPSA) is 0 Å². The molecule has 0 spiro atoms. The Bertz CT molecular complexity index is 2310. The van der Waals surface area contributed by atoms with E-state index < -0.39 is 8.07 Å². The van der Waals surface area contributed by atoms with Gasteiger partial charge in [0.25, 0.3) is 0 Å². The molecule has 8 aromatic carbocycles. The molecule has 0 saturated heterocycles. The third-order valence-electron chi connectivity index (χ3n) is 9.16. The number of rotatable bonds is 4. The second-order valence-electron chi connectivity index (χ2n) is 13.0. The van der Waals surface area contributed by atoms with Gasteiger partial charge in [-0.1, -0.05) is 158 Å². The summed E-state index contributed by atoms with van der Waals surface area (Å²) in [7, 11) is -1.38. The summed E-state index contributed by atoms with van der Waals surface area (Å²) in [5, 5.41) is 11.8. The van der Waals surface area contributed by atoms with Gasteiger partial charge in [-0.15, -0.1) is 0 Å². The van der Waals surface area contributed by atoms with Gasteiger partial charge >= 0.3 is 0 Å². The minimum absolute atomic E-state index is 1.23. The molecule has 44 heavy (non-hydrogen) atoms. The molecule has 0 unspecified atom stereocenters. The predicted octanol–water partition coefficient (Wildman–Crippen LogP) is 11.8. The smallest absolute Gasteiger partial charge is 0.0656 e. The van der Waals surface area contributed by atoms with Crippen LogP contribution in [-0.4, -0.2) is 8.07 Å². The van der Waals surface area contributed by atoms with Crippen LogP contribution < -0.4 is 5.19 Å². The molecule has 0 bridgehead atoms. The summed E-state index contributed by atoms with van der Waals surface area (Å²) in [6.07, 6.45) is 0. The first kappa shape index (κ1) is 26.6. The van der Waals surface area contributed by atoms with E-state index in [1.165, 1.54) is 81.7 Å². The molecular formula is C43H34Si. The van der Waals surface area contributed by atoms with Crippen molar-refractivity contribution in [3.63, 3.8) is 0 Å². The summed E-state index contributed by atoms with van der Waals surface area (Å²) in [6.45, 7) is 7.25. The lowest BCUT2D eigenvalue weighted by Crippen LogP contribution is -2.37. The molecule has 0 amide bonds. The van der Waals surface area contributed by atoms with E-state index in [1.807, 2.05) is 0 Å². The lowest BCUT2D eigenvalue weighted by Gasteiger charge is -2.19. The number of hydrogen-bond acceptors (Lipinski definition) is 0. The fraction of sp³-hybridized carbons (Fsp3) is 0.0698. The van der Waals surface area contributed by atoms with Crippen LogP contribution in [0.4, 0.5) is 0 Å². The van der Waals surface area contributed by atoms with Crippen molar-refractivity contribution < 1.29 is 0 Å². The molecule has 0 heterocycles. The Morgan fingerprint density at radius 1 is 0.318 bits per heavy atom. The molecule has 8 rings (SSSR count). The molecule has 0 saturated carbocycles. The minimum Gasteiger partial charge on any atom is -0.0656 e. The maximum absolute atomic E-state index is 2.42. The number of benzene rings is 8. The maximum Gasteiger partial charge on any atom is 0.0776 e. The van der Waals surface area contributed by atoms with Crippen LogP contribution in [0.3, 0.4) is 0 Å². The third kappa shape index (κ3) is 4.52. The normalized spacial score (nSPS) is 12.0. The molecular weight excluding hydrogens is 545 g/mol. The van der Waals surface area contributed by atoms with Crippen molar-refractivity contribution in [1.82, 2.24) is 0 Å². The van der Waals surface area contributed by atoms with E-state index in [0.29, 0.717) is 0 Å². The van der Waals surface area contributed by atoms with Crippen LogP contribution in [0.5, 0.6) is 0 Å². The summed E-state index contributed by atoms with van der Waals surface area (Å²) >= 11 is 0. The summed E-state index contributed by atoms with van der Waals surface area (Å²) in [4.78, 5) is 0. The van der Waals surface area contributed by atoms with E-state index in [0.717, 1.165) is 0 Å². The van der Waals surface area contributed by atoms with Crippen molar-refractivity contribution in [2.75, 3.05) is 0 Å². The highest BCUT2D eigenvalue weighted by Crippen LogP contribution is 2.44. The summed E-state index contributed by atoms with van der Waals surface area (Å²) in [6, 6.07) is 56.4. The second-order valence-corrected chi connectivity index (χ2v) is 18.1. The van der Waals surface area contributed by atoms with E-state index >= 15 is 0 Å². The molecule has 210 valence electrons. The highest BCUT2D eigenvalue weighted by molar-refractivity contribution is 6.88. The van der Waals surface area contributed by atoms with E-state index in [2.05, 4.69) is 171 Å². The number of hydrogen-bond donors (Lipinski definition) is 0. The van der Waals surface area contributed by atoms with Gasteiger partial charge in [0.2, 0.25) is 0 Å². The third-order valence-corrected chi connectivity index (χ3v) is 11.2. The lowest BCUT2D eigenvalue weighted by atomic mass is 9.85. The quantitative estimate of drug-likeness (QED) is 0.144. The van der Waals surface area contributed by atoms with Gasteiger partial charge in [0.1, 0.15) is 0 Å². The predicted molar refractivity (Wildman–Crippen MR) is 196 cm³/mol. The van der Waals surface area contributed by atoms with Gasteiger partial charge in [0.15, 0.2) is 0 Å². The summed E-state index contributed by atoms with van der Waals surface area (Å²) < 4.78 is 0. The number of fused-ring (bicyclic) bond motifs is 4. The standard InChI is InChI=1S/C43H34Si/c1-44(2,3)37-24-23-33-27-36(22-21-34(33)28-37)43-40-17-8-6-15-38(40)42(39-16-7-9-18-41(39)43)35-14-10-13-31(26-35)32-20-19-29-11-4-5-12-30(29)25-32/h4-28H,1-3H3. The van der Waals surface area contributed by atoms with Crippen LogP contribution in [0.15, 0.2) is 152 Å². The van der Waals surface area contributed by atoms with Crippen LogP contribution in [0.2, 0.25) is 19.6 Å². The molecule has 0 aliphatic heterocycles. The van der Waals surface area contributed by atoms with Gasteiger partial charge in [-0.05, 0) is 94.7 Å². The van der Waals surface area contributed by atoms with Crippen molar-refractivity contribution >= 4 is 56.4 Å². The molecule has 0 radical (unpaired) electrons. The molecule has 0 atom stereocenters. The zero-order chi connectivity index (χ0) is 29.8. The van der Waals surface area contributed by atoms with Gasteiger partial charge in [-0.2, -0.15) is 0 Å². The molecule has 0 nitrogen and oxygen atoms in total. The van der Waals surface area contributed by atoms with E-state index in [1.54, 1.807) is 0 Å². The highest BCUT2D eigenvalue weighted by atomic mass is 28.3. The first-order valence-electron chi connectivity index (χ1n) is 15.5. The Labute approximate surface area is 260 Å². The fourth-order valence-corrected chi connectivity index (χ4v) is 8.01. The average molecular weight is 579 g/mol. The van der Waals surface area contributed by atoms with Crippen molar-refractivity contribution in [1.29, 1.82) is 0 Å². The van der Waals surface area contributed by atoms with E-state index in [-0.39, 0.29) is 0 Å². The first-order chi connectivity index (χ1) is 21.4. The highest BCUT2D eigenvalue weighted by Gasteiger charge is 2.19. The first-order valence-corrected chi connectivity index (χ1v) is 19.0. The Morgan fingerprint density at radius 3 is 1.41 bits per heavy atom. The van der Waals surface area contributed by atoms with Gasteiger partial charge in [0.05, 0.1) is 8.07 Å². The molecule has 1 heteroatoms. The molecule has 0 fully saturated rings. The Balaban J connectivity index is 1.34.